The van der Waals surface area contributed by atoms with Crippen LogP contribution in [0.15, 0.2) is 70.2 Å². The van der Waals surface area contributed by atoms with Gasteiger partial charge in [0.25, 0.3) is 5.91 Å². The van der Waals surface area contributed by atoms with Crippen LogP contribution in [0.3, 0.4) is 0 Å². The number of anilines is 1. The van der Waals surface area contributed by atoms with Crippen LogP contribution in [0.25, 0.3) is 33.4 Å². The van der Waals surface area contributed by atoms with Gasteiger partial charge in [-0.25, -0.2) is 9.48 Å². The van der Waals surface area contributed by atoms with Crippen LogP contribution in [-0.4, -0.2) is 66.1 Å². The number of carbonyl (C=O) groups is 3. The number of rotatable bonds is 8. The molecule has 0 bridgehead atoms. The van der Waals surface area contributed by atoms with Gasteiger partial charge in [-0.1, -0.05) is 11.3 Å². The molecular formula is C31H31N7O5. The summed E-state index contributed by atoms with van der Waals surface area (Å²) in [5.74, 6) is -1.33. The van der Waals surface area contributed by atoms with E-state index in [1.165, 1.54) is 17.8 Å². The average Bonchev–Trinajstić information content (AvgIpc) is 3.49. The Bertz CT molecular complexity index is 1910. The molecule has 12 heteroatoms. The topological polar surface area (TPSA) is 155 Å². The Morgan fingerprint density at radius 2 is 1.84 bits per heavy atom. The Labute approximate surface area is 247 Å². The molecule has 3 N–H and O–H groups in total. The van der Waals surface area contributed by atoms with Crippen molar-refractivity contribution in [3.63, 3.8) is 0 Å². The number of carbonyl (C=O) groups excluding carboxylic acids is 2. The third-order valence-corrected chi connectivity index (χ3v) is 7.26. The molecule has 2 amide bonds. The maximum absolute atomic E-state index is 13.1. The zero-order valence-electron chi connectivity index (χ0n) is 24.4. The number of aromatic carboxylic acids is 1. The van der Waals surface area contributed by atoms with Crippen molar-refractivity contribution in [1.82, 2.24) is 25.6 Å². The first kappa shape index (κ1) is 29.0. The number of carboxylic acids is 1. The van der Waals surface area contributed by atoms with Gasteiger partial charge in [-0.3, -0.25) is 14.6 Å². The zero-order chi connectivity index (χ0) is 30.8. The van der Waals surface area contributed by atoms with Crippen molar-refractivity contribution in [2.24, 2.45) is 4.99 Å². The minimum atomic E-state index is -1.18. The monoisotopic (exact) mass is 581 g/mol. The van der Waals surface area contributed by atoms with Crippen LogP contribution < -0.4 is 20.9 Å². The molecule has 0 saturated heterocycles. The van der Waals surface area contributed by atoms with E-state index < -0.39 is 17.9 Å². The molecular weight excluding hydrogens is 550 g/mol. The van der Waals surface area contributed by atoms with Crippen molar-refractivity contribution in [3.8, 4) is 22.5 Å². The van der Waals surface area contributed by atoms with E-state index in [-0.39, 0.29) is 23.6 Å². The van der Waals surface area contributed by atoms with E-state index in [9.17, 15) is 19.5 Å². The van der Waals surface area contributed by atoms with Crippen LogP contribution >= 0.6 is 0 Å². The van der Waals surface area contributed by atoms with E-state index in [0.29, 0.717) is 33.7 Å². The molecule has 2 heterocycles. The van der Waals surface area contributed by atoms with Crippen molar-refractivity contribution in [1.29, 1.82) is 0 Å². The van der Waals surface area contributed by atoms with Crippen molar-refractivity contribution in [3.05, 3.63) is 83.0 Å². The molecule has 1 atom stereocenters. The first-order valence-electron chi connectivity index (χ1n) is 13.5. The number of fused-ring (bicyclic) bond motifs is 2. The highest BCUT2D eigenvalue weighted by Crippen LogP contribution is 2.42. The molecule has 1 aromatic heterocycles. The predicted molar refractivity (Wildman–Crippen MR) is 161 cm³/mol. The Morgan fingerprint density at radius 3 is 2.53 bits per heavy atom. The number of carboxylic acid groups (broad SMARTS) is 1. The summed E-state index contributed by atoms with van der Waals surface area (Å²) in [6.45, 7) is 1.72. The van der Waals surface area contributed by atoms with E-state index in [0.717, 1.165) is 16.4 Å². The molecule has 0 radical (unpaired) electrons. The predicted octanol–water partition coefficient (Wildman–Crippen LogP) is 3.33. The first-order chi connectivity index (χ1) is 20.6. The summed E-state index contributed by atoms with van der Waals surface area (Å²) in [5.41, 5.74) is 3.92. The molecule has 0 fully saturated rings. The quantitative estimate of drug-likeness (QED) is 0.236. The summed E-state index contributed by atoms with van der Waals surface area (Å²) >= 11 is 0. The van der Waals surface area contributed by atoms with Gasteiger partial charge in [0, 0.05) is 68.1 Å². The van der Waals surface area contributed by atoms with Crippen molar-refractivity contribution < 1.29 is 23.9 Å². The fourth-order valence-corrected chi connectivity index (χ4v) is 4.84. The Hall–Kier alpha value is -5.52. The van der Waals surface area contributed by atoms with Gasteiger partial charge < -0.3 is 25.1 Å². The van der Waals surface area contributed by atoms with E-state index in [4.69, 9.17) is 4.42 Å². The minimum Gasteiger partial charge on any atom is -0.478 e. The van der Waals surface area contributed by atoms with Crippen LogP contribution in [0.2, 0.25) is 0 Å². The molecule has 1 aliphatic carbocycles. The molecule has 12 nitrogen and oxygen atoms in total. The number of benzene rings is 3. The Kier molecular flexibility index (Phi) is 7.93. The molecule has 5 rings (SSSR count). The van der Waals surface area contributed by atoms with Gasteiger partial charge in [0.2, 0.25) is 5.91 Å². The van der Waals surface area contributed by atoms with E-state index in [2.05, 4.69) is 25.9 Å². The van der Waals surface area contributed by atoms with Crippen LogP contribution in [-0.2, 0) is 11.3 Å². The standard InChI is InChI=1S/C31H31N7O5/c1-17(29(39)33-3)38-16-20(35-36-38)15-34-30(40)18-6-9-22(25(12-18)31(41)42)28-23-10-7-19(32-2)13-26(23)43-27-14-21(37(4)5)8-11-24(27)28/h6-14,16-17H,15H2,1-5H3,(H,33,39)(H,34,40)(H,41,42). The first-order valence-corrected chi connectivity index (χ1v) is 13.5. The smallest absolute Gasteiger partial charge is 0.336 e. The van der Waals surface area contributed by atoms with Gasteiger partial charge >= 0.3 is 5.97 Å². The fraction of sp³-hybridized carbons (Fsp3) is 0.226. The molecule has 220 valence electrons. The fourth-order valence-electron chi connectivity index (χ4n) is 4.84. The second kappa shape index (κ2) is 11.8. The number of nitrogens with zero attached hydrogens (tertiary/aromatic N) is 5. The minimum absolute atomic E-state index is 0.0345. The second-order valence-corrected chi connectivity index (χ2v) is 10.2. The molecule has 2 aliphatic rings. The molecule has 43 heavy (non-hydrogen) atoms. The van der Waals surface area contributed by atoms with Crippen LogP contribution in [0.1, 0.15) is 39.4 Å². The highest BCUT2D eigenvalue weighted by Gasteiger charge is 2.23. The second-order valence-electron chi connectivity index (χ2n) is 10.2. The van der Waals surface area contributed by atoms with Gasteiger partial charge in [0.05, 0.1) is 23.7 Å². The van der Waals surface area contributed by atoms with Gasteiger partial charge in [-0.2, -0.15) is 0 Å². The number of likely N-dealkylation sites (N-methyl/N-ethyl adjacent to an activating group) is 1. The van der Waals surface area contributed by atoms with Crippen molar-refractivity contribution >= 4 is 34.4 Å². The summed E-state index contributed by atoms with van der Waals surface area (Å²) in [7, 11) is 7.08. The molecule has 0 saturated carbocycles. The lowest BCUT2D eigenvalue weighted by atomic mass is 9.89. The number of hydrogen-bond acceptors (Lipinski definition) is 8. The highest BCUT2D eigenvalue weighted by atomic mass is 16.4. The zero-order valence-corrected chi connectivity index (χ0v) is 24.4. The maximum Gasteiger partial charge on any atom is 0.336 e. The van der Waals surface area contributed by atoms with Crippen LogP contribution in [0, 0.1) is 0 Å². The number of hydrogen-bond donors (Lipinski definition) is 3. The Morgan fingerprint density at radius 1 is 1.07 bits per heavy atom. The number of aromatic nitrogens is 3. The summed E-state index contributed by atoms with van der Waals surface area (Å²) in [5, 5.41) is 25.0. The normalized spacial score (nSPS) is 12.3. The molecule has 0 spiro atoms. The van der Waals surface area contributed by atoms with Crippen LogP contribution in [0.4, 0.5) is 5.69 Å². The third kappa shape index (κ3) is 5.67. The molecule has 1 unspecified atom stereocenters. The molecule has 1 aliphatic heterocycles. The highest BCUT2D eigenvalue weighted by molar-refractivity contribution is 6.09. The maximum atomic E-state index is 13.1. The number of amides is 2. The van der Waals surface area contributed by atoms with Gasteiger partial charge in [0.1, 0.15) is 23.1 Å². The van der Waals surface area contributed by atoms with E-state index in [1.54, 1.807) is 32.3 Å². The molecule has 3 aromatic rings. The summed E-state index contributed by atoms with van der Waals surface area (Å²) < 4.78 is 7.68. The molecule has 2 aromatic carbocycles. The van der Waals surface area contributed by atoms with E-state index in [1.807, 2.05) is 55.4 Å². The van der Waals surface area contributed by atoms with Crippen molar-refractivity contribution in [2.45, 2.75) is 19.5 Å². The van der Waals surface area contributed by atoms with Gasteiger partial charge in [-0.05, 0) is 48.9 Å². The summed E-state index contributed by atoms with van der Waals surface area (Å²) in [6, 6.07) is 15.3. The largest absolute Gasteiger partial charge is 0.478 e. The lowest BCUT2D eigenvalue weighted by Crippen LogP contribution is -2.28. The van der Waals surface area contributed by atoms with Crippen molar-refractivity contribution in [2.75, 3.05) is 33.1 Å². The SMILES string of the molecule is CN=c1ccc2c(-c3ccc(C(=O)NCc4cn(C(C)C(=O)NC)nn4)cc3C(=O)O)c3ccc(N(C)C)cc3oc-2c1. The van der Waals surface area contributed by atoms with Gasteiger partial charge in [0.15, 0.2) is 0 Å². The third-order valence-electron chi connectivity index (χ3n) is 7.26. The average molecular weight is 582 g/mol. The lowest BCUT2D eigenvalue weighted by molar-refractivity contribution is -0.123. The number of nitrogens with one attached hydrogen (secondary N) is 2. The van der Waals surface area contributed by atoms with E-state index >= 15 is 0 Å². The van der Waals surface area contributed by atoms with Crippen LogP contribution in [0.5, 0.6) is 0 Å². The lowest BCUT2D eigenvalue weighted by Gasteiger charge is -2.19. The van der Waals surface area contributed by atoms with Gasteiger partial charge in [-0.15, -0.1) is 5.10 Å². The summed E-state index contributed by atoms with van der Waals surface area (Å²) in [4.78, 5) is 43.7. The summed E-state index contributed by atoms with van der Waals surface area (Å²) in [6.07, 6.45) is 1.57. The Balaban J connectivity index is 1.53.